The molecule has 1 amide bonds. The summed E-state index contributed by atoms with van der Waals surface area (Å²) in [4.78, 5) is 28.5. The summed E-state index contributed by atoms with van der Waals surface area (Å²) < 4.78 is 1.84. The highest BCUT2D eigenvalue weighted by Crippen LogP contribution is 2.44. The molecule has 1 spiro atoms. The van der Waals surface area contributed by atoms with E-state index in [-0.39, 0.29) is 11.3 Å². The molecule has 1 atom stereocenters. The quantitative estimate of drug-likeness (QED) is 0.708. The zero-order valence-electron chi connectivity index (χ0n) is 15.8. The molecule has 0 radical (unpaired) electrons. The first-order valence-electron chi connectivity index (χ1n) is 9.89. The average molecular weight is 373 g/mol. The van der Waals surface area contributed by atoms with Crippen molar-refractivity contribution in [2.24, 2.45) is 0 Å². The SMILES string of the molecule is O=C(Cn1ccnc1)N1CCCC2(CCc3cnc(-c4ccccc4)nc32)C1. The van der Waals surface area contributed by atoms with Gasteiger partial charge in [-0.05, 0) is 31.2 Å². The van der Waals surface area contributed by atoms with Crippen LogP contribution in [0, 0.1) is 0 Å². The highest BCUT2D eigenvalue weighted by Gasteiger charge is 2.44. The molecule has 2 aliphatic rings. The molecule has 28 heavy (non-hydrogen) atoms. The molecule has 0 N–H and O–H groups in total. The van der Waals surface area contributed by atoms with Crippen molar-refractivity contribution in [2.45, 2.75) is 37.6 Å². The Labute approximate surface area is 164 Å². The molecule has 0 bridgehead atoms. The Morgan fingerprint density at radius 1 is 1.18 bits per heavy atom. The fraction of sp³-hybridized carbons (Fsp3) is 0.364. The minimum absolute atomic E-state index is 0.0371. The number of piperidine rings is 1. The Kier molecular flexibility index (Phi) is 4.19. The second-order valence-corrected chi connectivity index (χ2v) is 7.87. The standard InChI is InChI=1S/C22H23N5O/c28-19(14-26-12-10-23-16-26)27-11-4-8-22(15-27)9-7-18-13-24-21(25-20(18)22)17-5-2-1-3-6-17/h1-3,5-6,10,12-13,16H,4,7-9,11,14-15H2. The first-order chi connectivity index (χ1) is 13.7. The van der Waals surface area contributed by atoms with Crippen LogP contribution in [0.4, 0.5) is 0 Å². The number of rotatable bonds is 3. The lowest BCUT2D eigenvalue weighted by Gasteiger charge is -2.40. The zero-order valence-corrected chi connectivity index (χ0v) is 15.8. The van der Waals surface area contributed by atoms with Crippen LogP contribution in [0.5, 0.6) is 0 Å². The van der Waals surface area contributed by atoms with Gasteiger partial charge >= 0.3 is 0 Å². The van der Waals surface area contributed by atoms with Gasteiger partial charge in [0, 0.05) is 42.7 Å². The van der Waals surface area contributed by atoms with Gasteiger partial charge in [0.15, 0.2) is 5.82 Å². The van der Waals surface area contributed by atoms with Gasteiger partial charge in [-0.15, -0.1) is 0 Å². The first kappa shape index (κ1) is 17.1. The number of hydrogen-bond acceptors (Lipinski definition) is 4. The number of amides is 1. The second kappa shape index (κ2) is 6.86. The summed E-state index contributed by atoms with van der Waals surface area (Å²) in [6.45, 7) is 1.92. The lowest BCUT2D eigenvalue weighted by Crippen LogP contribution is -2.48. The van der Waals surface area contributed by atoms with E-state index in [0.717, 1.165) is 55.9 Å². The molecule has 1 aliphatic heterocycles. The van der Waals surface area contributed by atoms with Gasteiger partial charge in [0.2, 0.25) is 5.91 Å². The molecule has 142 valence electrons. The summed E-state index contributed by atoms with van der Waals surface area (Å²) in [7, 11) is 0. The maximum atomic E-state index is 12.9. The van der Waals surface area contributed by atoms with Crippen LogP contribution in [0.25, 0.3) is 11.4 Å². The summed E-state index contributed by atoms with van der Waals surface area (Å²) in [6.07, 6.45) is 11.4. The molecule has 1 saturated heterocycles. The Morgan fingerprint density at radius 3 is 2.89 bits per heavy atom. The highest BCUT2D eigenvalue weighted by atomic mass is 16.2. The molecule has 6 nitrogen and oxygen atoms in total. The summed E-state index contributed by atoms with van der Waals surface area (Å²) in [5.41, 5.74) is 3.39. The van der Waals surface area contributed by atoms with Crippen LogP contribution in [-0.2, 0) is 23.2 Å². The maximum Gasteiger partial charge on any atom is 0.242 e. The van der Waals surface area contributed by atoms with Crippen molar-refractivity contribution in [3.8, 4) is 11.4 Å². The Bertz CT molecular complexity index is 981. The number of fused-ring (bicyclic) bond motifs is 2. The van der Waals surface area contributed by atoms with Gasteiger partial charge in [-0.25, -0.2) is 15.0 Å². The monoisotopic (exact) mass is 373 g/mol. The van der Waals surface area contributed by atoms with E-state index in [1.165, 1.54) is 5.56 Å². The maximum absolute atomic E-state index is 12.9. The Morgan fingerprint density at radius 2 is 2.07 bits per heavy atom. The van der Waals surface area contributed by atoms with Crippen LogP contribution in [0.3, 0.4) is 0 Å². The van der Waals surface area contributed by atoms with E-state index in [9.17, 15) is 4.79 Å². The zero-order chi connectivity index (χ0) is 19.0. The minimum Gasteiger partial charge on any atom is -0.340 e. The van der Waals surface area contributed by atoms with E-state index in [1.807, 2.05) is 52.2 Å². The molecule has 0 saturated carbocycles. The summed E-state index contributed by atoms with van der Waals surface area (Å²) in [5.74, 6) is 0.936. The predicted molar refractivity (Wildman–Crippen MR) is 106 cm³/mol. The number of nitrogens with zero attached hydrogens (tertiary/aromatic N) is 5. The number of carbonyl (C=O) groups is 1. The molecule has 3 heterocycles. The molecule has 5 rings (SSSR count). The number of aryl methyl sites for hydroxylation is 1. The third-order valence-corrected chi connectivity index (χ3v) is 6.08. The molecule has 1 aliphatic carbocycles. The van der Waals surface area contributed by atoms with Crippen LogP contribution >= 0.6 is 0 Å². The number of likely N-dealkylation sites (tertiary alicyclic amines) is 1. The van der Waals surface area contributed by atoms with Crippen molar-refractivity contribution in [1.29, 1.82) is 0 Å². The van der Waals surface area contributed by atoms with E-state index in [2.05, 4.69) is 9.97 Å². The molecule has 1 unspecified atom stereocenters. The van der Waals surface area contributed by atoms with Gasteiger partial charge in [0.05, 0.1) is 12.0 Å². The molecule has 1 fully saturated rings. The third-order valence-electron chi connectivity index (χ3n) is 6.08. The number of aromatic nitrogens is 4. The van der Waals surface area contributed by atoms with Crippen LogP contribution in [0.2, 0.25) is 0 Å². The Balaban J connectivity index is 1.43. The lowest BCUT2D eigenvalue weighted by atomic mass is 9.77. The number of carbonyl (C=O) groups excluding carboxylic acids is 1. The lowest BCUT2D eigenvalue weighted by molar-refractivity contribution is -0.134. The normalized spacial score (nSPS) is 21.1. The van der Waals surface area contributed by atoms with Crippen molar-refractivity contribution >= 4 is 5.91 Å². The van der Waals surface area contributed by atoms with Crippen molar-refractivity contribution < 1.29 is 4.79 Å². The number of benzene rings is 1. The molecular formula is C22H23N5O. The van der Waals surface area contributed by atoms with E-state index in [1.54, 1.807) is 12.5 Å². The largest absolute Gasteiger partial charge is 0.340 e. The minimum atomic E-state index is -0.0371. The van der Waals surface area contributed by atoms with E-state index in [4.69, 9.17) is 4.98 Å². The predicted octanol–water partition coefficient (Wildman–Crippen LogP) is 2.85. The fourth-order valence-electron chi connectivity index (χ4n) is 4.65. The van der Waals surface area contributed by atoms with Crippen molar-refractivity contribution in [3.05, 3.63) is 66.5 Å². The van der Waals surface area contributed by atoms with Gasteiger partial charge in [0.25, 0.3) is 0 Å². The fourth-order valence-corrected chi connectivity index (χ4v) is 4.65. The smallest absolute Gasteiger partial charge is 0.242 e. The van der Waals surface area contributed by atoms with E-state index >= 15 is 0 Å². The number of hydrogen-bond donors (Lipinski definition) is 0. The van der Waals surface area contributed by atoms with Crippen molar-refractivity contribution in [1.82, 2.24) is 24.4 Å². The van der Waals surface area contributed by atoms with Crippen molar-refractivity contribution in [3.63, 3.8) is 0 Å². The molecular weight excluding hydrogens is 350 g/mol. The summed E-state index contributed by atoms with van der Waals surface area (Å²) in [6, 6.07) is 10.1. The van der Waals surface area contributed by atoms with Gasteiger partial charge in [0.1, 0.15) is 6.54 Å². The van der Waals surface area contributed by atoms with Crippen LogP contribution in [0.15, 0.2) is 55.2 Å². The average Bonchev–Trinajstić information content (AvgIpc) is 3.37. The summed E-state index contributed by atoms with van der Waals surface area (Å²) in [5, 5.41) is 0. The molecule has 2 aromatic heterocycles. The second-order valence-electron chi connectivity index (χ2n) is 7.87. The van der Waals surface area contributed by atoms with E-state index in [0.29, 0.717) is 6.54 Å². The van der Waals surface area contributed by atoms with Crippen LogP contribution in [-0.4, -0.2) is 43.4 Å². The third kappa shape index (κ3) is 2.99. The molecule has 1 aromatic carbocycles. The van der Waals surface area contributed by atoms with Crippen molar-refractivity contribution in [2.75, 3.05) is 13.1 Å². The van der Waals surface area contributed by atoms with Crippen LogP contribution < -0.4 is 0 Å². The first-order valence-corrected chi connectivity index (χ1v) is 9.89. The molecule has 6 heteroatoms. The van der Waals surface area contributed by atoms with Gasteiger partial charge < -0.3 is 9.47 Å². The number of imidazole rings is 1. The highest BCUT2D eigenvalue weighted by molar-refractivity contribution is 5.76. The van der Waals surface area contributed by atoms with Crippen LogP contribution in [0.1, 0.15) is 30.5 Å². The van der Waals surface area contributed by atoms with Gasteiger partial charge in [-0.2, -0.15) is 0 Å². The Hall–Kier alpha value is -3.02. The van der Waals surface area contributed by atoms with E-state index < -0.39 is 0 Å². The summed E-state index contributed by atoms with van der Waals surface area (Å²) >= 11 is 0. The molecule has 3 aromatic rings. The topological polar surface area (TPSA) is 63.9 Å². The van der Waals surface area contributed by atoms with Gasteiger partial charge in [-0.3, -0.25) is 4.79 Å². The van der Waals surface area contributed by atoms with Gasteiger partial charge in [-0.1, -0.05) is 30.3 Å².